The highest BCUT2D eigenvalue weighted by Crippen LogP contribution is 2.25. The minimum Gasteiger partial charge on any atom is -0.321 e. The van der Waals surface area contributed by atoms with E-state index in [-0.39, 0.29) is 11.8 Å². The number of anilines is 2. The summed E-state index contributed by atoms with van der Waals surface area (Å²) in [6.45, 7) is 0. The lowest BCUT2D eigenvalue weighted by Crippen LogP contribution is -2.16. The number of hydrogen-bond acceptors (Lipinski definition) is 3. The number of nitrogens with one attached hydrogen (secondary N) is 2. The number of pyridine rings is 1. The summed E-state index contributed by atoms with van der Waals surface area (Å²) >= 11 is 0. The summed E-state index contributed by atoms with van der Waals surface area (Å²) in [5.41, 5.74) is 1.59. The third kappa shape index (κ3) is 5.02. The third-order valence-corrected chi connectivity index (χ3v) is 4.53. The maximum Gasteiger partial charge on any atom is 0.257 e. The van der Waals surface area contributed by atoms with Crippen LogP contribution in [0.1, 0.15) is 42.5 Å². The molecule has 5 heteroatoms. The Morgan fingerprint density at radius 3 is 2.38 bits per heavy atom. The normalized spacial score (nSPS) is 14.9. The van der Waals surface area contributed by atoms with E-state index in [2.05, 4.69) is 15.6 Å². The number of benzene rings is 1. The number of aromatic nitrogens is 1. The summed E-state index contributed by atoms with van der Waals surface area (Å²) in [4.78, 5) is 28.5. The van der Waals surface area contributed by atoms with Gasteiger partial charge in [0.25, 0.3) is 5.91 Å². The van der Waals surface area contributed by atoms with Gasteiger partial charge in [0.05, 0.1) is 16.9 Å². The Kier molecular flexibility index (Phi) is 6.14. The van der Waals surface area contributed by atoms with Crippen LogP contribution in [0.2, 0.25) is 0 Å². The predicted molar refractivity (Wildman–Crippen MR) is 103 cm³/mol. The number of hydrogen-bond donors (Lipinski definition) is 2. The second-order valence-corrected chi connectivity index (χ2v) is 6.49. The van der Waals surface area contributed by atoms with Gasteiger partial charge in [-0.3, -0.25) is 14.6 Å². The van der Waals surface area contributed by atoms with E-state index >= 15 is 0 Å². The smallest absolute Gasteiger partial charge is 0.257 e. The van der Waals surface area contributed by atoms with Crippen molar-refractivity contribution in [3.63, 3.8) is 0 Å². The zero-order valence-corrected chi connectivity index (χ0v) is 14.7. The van der Waals surface area contributed by atoms with Crippen LogP contribution in [-0.2, 0) is 4.79 Å². The summed E-state index contributed by atoms with van der Waals surface area (Å²) in [5.74, 6) is 0.0474. The van der Waals surface area contributed by atoms with Gasteiger partial charge in [0, 0.05) is 12.4 Å². The van der Waals surface area contributed by atoms with Gasteiger partial charge < -0.3 is 10.6 Å². The van der Waals surface area contributed by atoms with E-state index in [9.17, 15) is 9.59 Å². The average Bonchev–Trinajstić information content (AvgIpc) is 2.69. The minimum atomic E-state index is -0.266. The molecule has 134 valence electrons. The molecule has 2 amide bonds. The van der Waals surface area contributed by atoms with Gasteiger partial charge in [-0.25, -0.2) is 0 Å². The minimum absolute atomic E-state index is 0.182. The third-order valence-electron chi connectivity index (χ3n) is 4.53. The van der Waals surface area contributed by atoms with Crippen molar-refractivity contribution >= 4 is 23.2 Å². The van der Waals surface area contributed by atoms with Crippen molar-refractivity contribution in [2.75, 3.05) is 10.6 Å². The molecule has 0 spiro atoms. The van der Waals surface area contributed by atoms with Crippen molar-refractivity contribution in [1.82, 2.24) is 4.98 Å². The van der Waals surface area contributed by atoms with Gasteiger partial charge in [-0.1, -0.05) is 37.5 Å². The summed E-state index contributed by atoms with van der Waals surface area (Å²) < 4.78 is 0. The van der Waals surface area contributed by atoms with Crippen LogP contribution in [0.3, 0.4) is 0 Å². The molecule has 3 rings (SSSR count). The zero-order valence-electron chi connectivity index (χ0n) is 14.7. The van der Waals surface area contributed by atoms with Gasteiger partial charge in [-0.2, -0.15) is 0 Å². The van der Waals surface area contributed by atoms with Crippen molar-refractivity contribution in [2.45, 2.75) is 32.1 Å². The van der Waals surface area contributed by atoms with Crippen molar-refractivity contribution in [3.8, 4) is 0 Å². The molecule has 0 unspecified atom stereocenters. The quantitative estimate of drug-likeness (QED) is 0.786. The first-order chi connectivity index (χ1) is 12.7. The fraction of sp³-hybridized carbons (Fsp3) is 0.286. The highest BCUT2D eigenvalue weighted by molar-refractivity contribution is 6.08. The van der Waals surface area contributed by atoms with Crippen LogP contribution in [0.15, 0.2) is 60.9 Å². The lowest BCUT2D eigenvalue weighted by molar-refractivity contribution is -0.111. The second kappa shape index (κ2) is 8.94. The lowest BCUT2D eigenvalue weighted by atomic mass is 9.89. The first kappa shape index (κ1) is 17.9. The SMILES string of the molecule is O=C(/C=C/C1CCCCC1)Nc1ccccc1NC(=O)c1cccnc1. The molecule has 1 aliphatic rings. The first-order valence-corrected chi connectivity index (χ1v) is 9.02. The molecule has 1 saturated carbocycles. The number of allylic oxidation sites excluding steroid dienone is 1. The molecule has 0 saturated heterocycles. The van der Waals surface area contributed by atoms with Crippen LogP contribution in [0.5, 0.6) is 0 Å². The highest BCUT2D eigenvalue weighted by atomic mass is 16.2. The monoisotopic (exact) mass is 349 g/mol. The molecule has 1 aliphatic carbocycles. The van der Waals surface area contributed by atoms with Crippen LogP contribution in [0.4, 0.5) is 11.4 Å². The number of carbonyl (C=O) groups excluding carboxylic acids is 2. The molecule has 1 fully saturated rings. The van der Waals surface area contributed by atoms with E-state index in [4.69, 9.17) is 0 Å². The van der Waals surface area contributed by atoms with Crippen LogP contribution in [0, 0.1) is 5.92 Å². The fourth-order valence-corrected chi connectivity index (χ4v) is 3.12. The van der Waals surface area contributed by atoms with Crippen LogP contribution < -0.4 is 10.6 Å². The Bertz CT molecular complexity index is 781. The van der Waals surface area contributed by atoms with Crippen LogP contribution in [0.25, 0.3) is 0 Å². The molecule has 1 heterocycles. The molecule has 26 heavy (non-hydrogen) atoms. The van der Waals surface area contributed by atoms with E-state index in [1.54, 1.807) is 36.5 Å². The van der Waals surface area contributed by atoms with E-state index in [1.807, 2.05) is 18.2 Å². The van der Waals surface area contributed by atoms with Crippen LogP contribution in [-0.4, -0.2) is 16.8 Å². The molecule has 2 N–H and O–H groups in total. The number of rotatable bonds is 5. The molecule has 5 nitrogen and oxygen atoms in total. The van der Waals surface area contributed by atoms with Crippen molar-refractivity contribution in [1.29, 1.82) is 0 Å². The predicted octanol–water partition coefficient (Wildman–Crippen LogP) is 4.41. The summed E-state index contributed by atoms with van der Waals surface area (Å²) in [5, 5.41) is 5.67. The summed E-state index contributed by atoms with van der Waals surface area (Å²) in [6.07, 6.45) is 12.8. The van der Waals surface area contributed by atoms with E-state index in [1.165, 1.54) is 25.5 Å². The van der Waals surface area contributed by atoms with Crippen molar-refractivity contribution < 1.29 is 9.59 Å². The second-order valence-electron chi connectivity index (χ2n) is 6.49. The largest absolute Gasteiger partial charge is 0.321 e. The fourth-order valence-electron chi connectivity index (χ4n) is 3.12. The Labute approximate surface area is 153 Å². The Balaban J connectivity index is 1.64. The standard InChI is InChI=1S/C21H23N3O2/c25-20(13-12-16-7-2-1-3-8-16)23-18-10-4-5-11-19(18)24-21(26)17-9-6-14-22-15-17/h4-6,9-16H,1-3,7-8H2,(H,23,25)(H,24,26)/b13-12+. The Morgan fingerprint density at radius 1 is 0.962 bits per heavy atom. The van der Waals surface area contributed by atoms with Gasteiger partial charge >= 0.3 is 0 Å². The molecule has 2 aromatic rings. The number of nitrogens with zero attached hydrogens (tertiary/aromatic N) is 1. The molecule has 1 aromatic heterocycles. The first-order valence-electron chi connectivity index (χ1n) is 9.02. The van der Waals surface area contributed by atoms with Gasteiger partial charge in [0.15, 0.2) is 0 Å². The van der Waals surface area contributed by atoms with Gasteiger partial charge in [-0.15, -0.1) is 0 Å². The number of carbonyl (C=O) groups is 2. The van der Waals surface area contributed by atoms with Gasteiger partial charge in [-0.05, 0) is 49.1 Å². The van der Waals surface area contributed by atoms with E-state index in [0.29, 0.717) is 22.9 Å². The molecular weight excluding hydrogens is 326 g/mol. The Morgan fingerprint density at radius 2 is 1.69 bits per heavy atom. The molecule has 0 aliphatic heterocycles. The van der Waals surface area contributed by atoms with Gasteiger partial charge in [0.2, 0.25) is 5.91 Å². The molecule has 0 atom stereocenters. The molecule has 0 radical (unpaired) electrons. The summed E-state index contributed by atoms with van der Waals surface area (Å²) in [7, 11) is 0. The molecule has 1 aromatic carbocycles. The maximum absolute atomic E-state index is 12.3. The molecular formula is C21H23N3O2. The van der Waals surface area contributed by atoms with E-state index < -0.39 is 0 Å². The van der Waals surface area contributed by atoms with Gasteiger partial charge in [0.1, 0.15) is 0 Å². The summed E-state index contributed by atoms with van der Waals surface area (Å²) in [6, 6.07) is 10.6. The maximum atomic E-state index is 12.3. The number of para-hydroxylation sites is 2. The van der Waals surface area contributed by atoms with E-state index in [0.717, 1.165) is 12.8 Å². The lowest BCUT2D eigenvalue weighted by Gasteiger charge is -2.17. The van der Waals surface area contributed by atoms with Crippen LogP contribution >= 0.6 is 0 Å². The number of amides is 2. The highest BCUT2D eigenvalue weighted by Gasteiger charge is 2.12. The zero-order chi connectivity index (χ0) is 18.2. The molecule has 0 bridgehead atoms. The Hall–Kier alpha value is -2.95. The topological polar surface area (TPSA) is 71.1 Å². The average molecular weight is 349 g/mol. The van der Waals surface area contributed by atoms with Crippen molar-refractivity contribution in [3.05, 3.63) is 66.5 Å². The van der Waals surface area contributed by atoms with Crippen molar-refractivity contribution in [2.24, 2.45) is 5.92 Å².